The maximum Gasteiger partial charge on any atom is 0.320 e. The van der Waals surface area contributed by atoms with Gasteiger partial charge >= 0.3 is 11.9 Å². The Morgan fingerprint density at radius 3 is 2.58 bits per heavy atom. The molecule has 1 aromatic rings. The summed E-state index contributed by atoms with van der Waals surface area (Å²) in [5.41, 5.74) is 0.839. The van der Waals surface area contributed by atoms with Crippen LogP contribution in [0.25, 0.3) is 0 Å². The number of benzene rings is 1. The molecule has 6 heteroatoms. The molecule has 4 N–H and O–H groups in total. The van der Waals surface area contributed by atoms with Crippen LogP contribution in [0.5, 0.6) is 5.75 Å². The molecule has 0 radical (unpaired) electrons. The lowest BCUT2D eigenvalue weighted by Gasteiger charge is -2.13. The van der Waals surface area contributed by atoms with Crippen molar-refractivity contribution in [3.05, 3.63) is 29.8 Å². The Kier molecular flexibility index (Phi) is 5.81. The Balaban J connectivity index is 2.45. The van der Waals surface area contributed by atoms with Gasteiger partial charge in [-0.15, -0.1) is 0 Å². The van der Waals surface area contributed by atoms with Crippen molar-refractivity contribution in [3.8, 4) is 5.75 Å². The summed E-state index contributed by atoms with van der Waals surface area (Å²) in [4.78, 5) is 21.4. The Labute approximate surface area is 110 Å². The maximum atomic E-state index is 11.0. The van der Waals surface area contributed by atoms with E-state index in [0.717, 1.165) is 5.56 Å². The number of carboxylic acids is 2. The lowest BCUT2D eigenvalue weighted by molar-refractivity contribution is -0.141. The largest absolute Gasteiger partial charge is 0.508 e. The van der Waals surface area contributed by atoms with Crippen molar-refractivity contribution in [2.75, 3.05) is 6.54 Å². The first-order chi connectivity index (χ1) is 8.99. The van der Waals surface area contributed by atoms with Crippen molar-refractivity contribution < 1.29 is 24.9 Å². The smallest absolute Gasteiger partial charge is 0.320 e. The van der Waals surface area contributed by atoms with E-state index in [1.54, 1.807) is 24.3 Å². The zero-order valence-corrected chi connectivity index (χ0v) is 10.4. The van der Waals surface area contributed by atoms with Crippen LogP contribution < -0.4 is 5.32 Å². The van der Waals surface area contributed by atoms with Gasteiger partial charge in [-0.3, -0.25) is 9.59 Å². The predicted molar refractivity (Wildman–Crippen MR) is 68.1 cm³/mol. The molecule has 0 aliphatic rings. The van der Waals surface area contributed by atoms with Gasteiger partial charge in [0, 0.05) is 6.54 Å². The molecule has 1 aromatic carbocycles. The lowest BCUT2D eigenvalue weighted by atomic mass is 10.0. The Hall–Kier alpha value is -2.08. The van der Waals surface area contributed by atoms with Gasteiger partial charge in [-0.1, -0.05) is 12.1 Å². The second-order valence-electron chi connectivity index (χ2n) is 4.20. The van der Waals surface area contributed by atoms with Crippen LogP contribution in [0.3, 0.4) is 0 Å². The molecule has 0 aliphatic heterocycles. The van der Waals surface area contributed by atoms with Gasteiger partial charge in [0.15, 0.2) is 0 Å². The molecule has 0 heterocycles. The third-order valence-corrected chi connectivity index (χ3v) is 2.66. The van der Waals surface area contributed by atoms with Gasteiger partial charge in [0.25, 0.3) is 0 Å². The van der Waals surface area contributed by atoms with Crippen LogP contribution in [-0.4, -0.2) is 39.8 Å². The summed E-state index contributed by atoms with van der Waals surface area (Å²) in [5, 5.41) is 29.5. The number of aryl methyl sites for hydroxylation is 1. The summed E-state index contributed by atoms with van der Waals surface area (Å²) >= 11 is 0. The number of nitrogens with one attached hydrogen (secondary N) is 1. The van der Waals surface area contributed by atoms with E-state index < -0.39 is 18.0 Å². The van der Waals surface area contributed by atoms with E-state index in [1.807, 2.05) is 0 Å². The molecule has 1 rings (SSSR count). The molecule has 0 spiro atoms. The van der Waals surface area contributed by atoms with E-state index in [-0.39, 0.29) is 18.7 Å². The summed E-state index contributed by atoms with van der Waals surface area (Å²) < 4.78 is 0. The standard InChI is InChI=1S/C13H17NO5/c15-10-3-1-2-9(8-10)4-5-11(13(18)19)14-7-6-12(16)17/h1-3,8,11,14-15H,4-7H2,(H,16,17)(H,18,19)/t11-/m1/s1. The molecule has 1 atom stereocenters. The van der Waals surface area contributed by atoms with Crippen LogP contribution in [-0.2, 0) is 16.0 Å². The predicted octanol–water partition coefficient (Wildman–Crippen LogP) is 0.842. The molecule has 104 valence electrons. The number of carbonyl (C=O) groups is 2. The van der Waals surface area contributed by atoms with Gasteiger partial charge < -0.3 is 20.6 Å². The first kappa shape index (κ1) is 15.0. The van der Waals surface area contributed by atoms with E-state index in [4.69, 9.17) is 10.2 Å². The fraction of sp³-hybridized carbons (Fsp3) is 0.385. The first-order valence-electron chi connectivity index (χ1n) is 5.95. The van der Waals surface area contributed by atoms with E-state index in [1.165, 1.54) is 0 Å². The number of hydrogen-bond donors (Lipinski definition) is 4. The Morgan fingerprint density at radius 2 is 2.00 bits per heavy atom. The average molecular weight is 267 g/mol. The molecule has 6 nitrogen and oxygen atoms in total. The van der Waals surface area contributed by atoms with Gasteiger partial charge in [-0.05, 0) is 30.5 Å². The number of hydrogen-bond acceptors (Lipinski definition) is 4. The van der Waals surface area contributed by atoms with Gasteiger partial charge in [-0.2, -0.15) is 0 Å². The third-order valence-electron chi connectivity index (χ3n) is 2.66. The van der Waals surface area contributed by atoms with Gasteiger partial charge in [0.1, 0.15) is 11.8 Å². The molecule has 0 amide bonds. The number of phenols is 1. The Bertz CT molecular complexity index is 446. The van der Waals surface area contributed by atoms with E-state index in [0.29, 0.717) is 12.8 Å². The van der Waals surface area contributed by atoms with Gasteiger partial charge in [-0.25, -0.2) is 0 Å². The summed E-state index contributed by atoms with van der Waals surface area (Å²) in [6.45, 7) is 0.117. The summed E-state index contributed by atoms with van der Waals surface area (Å²) in [6.07, 6.45) is 0.708. The van der Waals surface area contributed by atoms with Crippen molar-refractivity contribution in [3.63, 3.8) is 0 Å². The number of aromatic hydroxyl groups is 1. The van der Waals surface area contributed by atoms with Crippen LogP contribution in [0, 0.1) is 0 Å². The van der Waals surface area contributed by atoms with Crippen molar-refractivity contribution in [2.24, 2.45) is 0 Å². The maximum absolute atomic E-state index is 11.0. The highest BCUT2D eigenvalue weighted by atomic mass is 16.4. The van der Waals surface area contributed by atoms with Crippen molar-refractivity contribution in [1.29, 1.82) is 0 Å². The number of carboxylic acid groups (broad SMARTS) is 2. The second kappa shape index (κ2) is 7.38. The Morgan fingerprint density at radius 1 is 1.26 bits per heavy atom. The highest BCUT2D eigenvalue weighted by molar-refractivity contribution is 5.73. The van der Waals surface area contributed by atoms with E-state index >= 15 is 0 Å². The fourth-order valence-corrected chi connectivity index (χ4v) is 1.69. The molecule has 0 aliphatic carbocycles. The summed E-state index contributed by atoms with van der Waals surface area (Å²) in [6, 6.07) is 5.83. The van der Waals surface area contributed by atoms with Crippen LogP contribution in [0.1, 0.15) is 18.4 Å². The van der Waals surface area contributed by atoms with Crippen LogP contribution in [0.2, 0.25) is 0 Å². The van der Waals surface area contributed by atoms with Crippen molar-refractivity contribution in [1.82, 2.24) is 5.32 Å². The molecular weight excluding hydrogens is 250 g/mol. The zero-order valence-electron chi connectivity index (χ0n) is 10.4. The first-order valence-corrected chi connectivity index (χ1v) is 5.95. The minimum absolute atomic E-state index is 0.115. The number of rotatable bonds is 8. The SMILES string of the molecule is O=C(O)CCN[C@H](CCc1cccc(O)c1)C(=O)O. The van der Waals surface area contributed by atoms with Crippen LogP contribution >= 0.6 is 0 Å². The highest BCUT2D eigenvalue weighted by Gasteiger charge is 2.16. The zero-order chi connectivity index (χ0) is 14.3. The molecule has 0 unspecified atom stereocenters. The quantitative estimate of drug-likeness (QED) is 0.556. The topological polar surface area (TPSA) is 107 Å². The van der Waals surface area contributed by atoms with E-state index in [9.17, 15) is 14.7 Å². The minimum Gasteiger partial charge on any atom is -0.508 e. The molecule has 0 fully saturated rings. The second-order valence-corrected chi connectivity index (χ2v) is 4.20. The van der Waals surface area contributed by atoms with E-state index in [2.05, 4.69) is 5.32 Å². The molecular formula is C13H17NO5. The molecule has 0 saturated heterocycles. The van der Waals surface area contributed by atoms with Gasteiger partial charge in [0.05, 0.1) is 6.42 Å². The fourth-order valence-electron chi connectivity index (χ4n) is 1.69. The van der Waals surface area contributed by atoms with Gasteiger partial charge in [0.2, 0.25) is 0 Å². The van der Waals surface area contributed by atoms with Crippen molar-refractivity contribution in [2.45, 2.75) is 25.3 Å². The molecule has 19 heavy (non-hydrogen) atoms. The minimum atomic E-state index is -1.01. The highest BCUT2D eigenvalue weighted by Crippen LogP contribution is 2.13. The number of phenolic OH excluding ortho intramolecular Hbond substituents is 1. The molecule has 0 saturated carbocycles. The van der Waals surface area contributed by atoms with Crippen LogP contribution in [0.4, 0.5) is 0 Å². The van der Waals surface area contributed by atoms with Crippen molar-refractivity contribution >= 4 is 11.9 Å². The third kappa shape index (κ3) is 5.87. The molecule has 0 bridgehead atoms. The molecule has 0 aromatic heterocycles. The summed E-state index contributed by atoms with van der Waals surface area (Å²) in [7, 11) is 0. The lowest BCUT2D eigenvalue weighted by Crippen LogP contribution is -2.38. The van der Waals surface area contributed by atoms with Crippen LogP contribution in [0.15, 0.2) is 24.3 Å². The summed E-state index contributed by atoms with van der Waals surface area (Å²) in [5.74, 6) is -1.83. The monoisotopic (exact) mass is 267 g/mol. The normalized spacial score (nSPS) is 12.0. The average Bonchev–Trinajstić information content (AvgIpc) is 2.32. The number of aliphatic carboxylic acids is 2.